The molecule has 84 valence electrons. The Balaban J connectivity index is 2.12. The molecule has 0 aromatic carbocycles. The quantitative estimate of drug-likeness (QED) is 0.758. The summed E-state index contributed by atoms with van der Waals surface area (Å²) in [7, 11) is 0. The summed E-state index contributed by atoms with van der Waals surface area (Å²) < 4.78 is 0. The molecule has 1 aliphatic carbocycles. The van der Waals surface area contributed by atoms with E-state index in [9.17, 15) is 4.79 Å². The fraction of sp³-hybridized carbons (Fsp3) is 0.750. The summed E-state index contributed by atoms with van der Waals surface area (Å²) in [5.41, 5.74) is 1.28. The Morgan fingerprint density at radius 2 is 2.27 bits per heavy atom. The standard InChI is InChI=1S/C12H19NO2/c1-9-4-2-5-10(8-9)13-7-3-6-11(13)12(14)15/h8-9,11H,2-7H2,1H3,(H,14,15)/t9-,11-/m0/s1. The van der Waals surface area contributed by atoms with Crippen LogP contribution in [0.4, 0.5) is 0 Å². The zero-order chi connectivity index (χ0) is 10.8. The van der Waals surface area contributed by atoms with Gasteiger partial charge in [0.2, 0.25) is 0 Å². The van der Waals surface area contributed by atoms with Crippen molar-refractivity contribution in [3.63, 3.8) is 0 Å². The fourth-order valence-corrected chi connectivity index (χ4v) is 2.71. The lowest BCUT2D eigenvalue weighted by molar-refractivity contribution is -0.141. The summed E-state index contributed by atoms with van der Waals surface area (Å²) in [6.45, 7) is 3.14. The van der Waals surface area contributed by atoms with Crippen LogP contribution in [0.2, 0.25) is 0 Å². The van der Waals surface area contributed by atoms with Gasteiger partial charge in [-0.1, -0.05) is 13.0 Å². The van der Waals surface area contributed by atoms with Crippen LogP contribution in [0.3, 0.4) is 0 Å². The number of carboxylic acids is 1. The monoisotopic (exact) mass is 209 g/mol. The third kappa shape index (κ3) is 2.16. The third-order valence-electron chi connectivity index (χ3n) is 3.48. The maximum Gasteiger partial charge on any atom is 0.326 e. The molecule has 15 heavy (non-hydrogen) atoms. The molecule has 2 rings (SSSR count). The maximum atomic E-state index is 11.1. The Hall–Kier alpha value is -0.990. The van der Waals surface area contributed by atoms with Gasteiger partial charge in [-0.05, 0) is 38.0 Å². The molecule has 0 bridgehead atoms. The summed E-state index contributed by atoms with van der Waals surface area (Å²) in [5.74, 6) is -0.0459. The minimum atomic E-state index is -0.661. The van der Waals surface area contributed by atoms with E-state index in [0.717, 1.165) is 25.8 Å². The van der Waals surface area contributed by atoms with E-state index in [0.29, 0.717) is 5.92 Å². The van der Waals surface area contributed by atoms with Gasteiger partial charge >= 0.3 is 5.97 Å². The van der Waals surface area contributed by atoms with Gasteiger partial charge in [0.1, 0.15) is 6.04 Å². The van der Waals surface area contributed by atoms with E-state index < -0.39 is 5.97 Å². The average Bonchev–Trinajstić information content (AvgIpc) is 2.65. The van der Waals surface area contributed by atoms with Gasteiger partial charge in [-0.3, -0.25) is 0 Å². The van der Waals surface area contributed by atoms with E-state index >= 15 is 0 Å². The van der Waals surface area contributed by atoms with Gasteiger partial charge in [0, 0.05) is 12.2 Å². The first-order valence-electron chi connectivity index (χ1n) is 5.88. The number of nitrogens with zero attached hydrogens (tertiary/aromatic N) is 1. The van der Waals surface area contributed by atoms with Crippen molar-refractivity contribution in [2.75, 3.05) is 6.54 Å². The number of likely N-dealkylation sites (tertiary alicyclic amines) is 1. The molecule has 1 aliphatic heterocycles. The highest BCUT2D eigenvalue weighted by Gasteiger charge is 2.32. The first kappa shape index (κ1) is 10.5. The van der Waals surface area contributed by atoms with Crippen molar-refractivity contribution < 1.29 is 9.90 Å². The number of carbonyl (C=O) groups is 1. The lowest BCUT2D eigenvalue weighted by Crippen LogP contribution is -2.36. The number of hydrogen-bond acceptors (Lipinski definition) is 2. The van der Waals surface area contributed by atoms with Crippen molar-refractivity contribution in [2.24, 2.45) is 5.92 Å². The largest absolute Gasteiger partial charge is 0.480 e. The third-order valence-corrected chi connectivity index (χ3v) is 3.48. The second-order valence-corrected chi connectivity index (χ2v) is 4.72. The zero-order valence-electron chi connectivity index (χ0n) is 9.28. The average molecular weight is 209 g/mol. The van der Waals surface area contributed by atoms with E-state index in [1.165, 1.54) is 18.5 Å². The van der Waals surface area contributed by atoms with Gasteiger partial charge in [0.05, 0.1) is 0 Å². The van der Waals surface area contributed by atoms with Gasteiger partial charge in [0.15, 0.2) is 0 Å². The van der Waals surface area contributed by atoms with Crippen LogP contribution >= 0.6 is 0 Å². The Labute approximate surface area is 90.8 Å². The zero-order valence-corrected chi connectivity index (χ0v) is 9.28. The Bertz CT molecular complexity index is 285. The predicted octanol–water partition coefficient (Wildman–Crippen LogP) is 2.24. The number of carboxylic acid groups (broad SMARTS) is 1. The van der Waals surface area contributed by atoms with Gasteiger partial charge in [-0.15, -0.1) is 0 Å². The lowest BCUT2D eigenvalue weighted by atomic mass is 9.94. The first-order valence-corrected chi connectivity index (χ1v) is 5.88. The molecule has 1 N–H and O–H groups in total. The SMILES string of the molecule is C[C@@H]1C=C(N2CCC[C@H]2C(=O)O)CCC1. The number of aliphatic carboxylic acids is 1. The summed E-state index contributed by atoms with van der Waals surface area (Å²) in [5, 5.41) is 9.11. The van der Waals surface area contributed by atoms with Crippen LogP contribution in [0.1, 0.15) is 39.0 Å². The Morgan fingerprint density at radius 3 is 2.93 bits per heavy atom. The number of hydrogen-bond donors (Lipinski definition) is 1. The minimum Gasteiger partial charge on any atom is -0.480 e. The van der Waals surface area contributed by atoms with Crippen LogP contribution in [0.5, 0.6) is 0 Å². The van der Waals surface area contributed by atoms with E-state index in [1.54, 1.807) is 0 Å². The molecule has 0 aromatic heterocycles. The van der Waals surface area contributed by atoms with Crippen LogP contribution < -0.4 is 0 Å². The first-order chi connectivity index (χ1) is 7.18. The summed E-state index contributed by atoms with van der Waals surface area (Å²) in [6.07, 6.45) is 7.60. The normalized spacial score (nSPS) is 31.5. The molecule has 3 nitrogen and oxygen atoms in total. The van der Waals surface area contributed by atoms with Crippen LogP contribution in [-0.2, 0) is 4.79 Å². The van der Waals surface area contributed by atoms with Crippen LogP contribution in [0, 0.1) is 5.92 Å². The summed E-state index contributed by atoms with van der Waals surface area (Å²) >= 11 is 0. The van der Waals surface area contributed by atoms with Crippen LogP contribution in [-0.4, -0.2) is 28.6 Å². The molecule has 3 heteroatoms. The van der Waals surface area contributed by atoms with Crippen molar-refractivity contribution in [2.45, 2.75) is 45.1 Å². The van der Waals surface area contributed by atoms with Crippen molar-refractivity contribution in [3.8, 4) is 0 Å². The molecular weight excluding hydrogens is 190 g/mol. The number of rotatable bonds is 2. The minimum absolute atomic E-state index is 0.262. The summed E-state index contributed by atoms with van der Waals surface area (Å²) in [4.78, 5) is 13.2. The Morgan fingerprint density at radius 1 is 1.47 bits per heavy atom. The Kier molecular flexibility index (Phi) is 2.98. The molecule has 0 amide bonds. The van der Waals surface area contributed by atoms with Crippen molar-refractivity contribution in [3.05, 3.63) is 11.8 Å². The lowest BCUT2D eigenvalue weighted by Gasteiger charge is -2.30. The molecule has 1 heterocycles. The van der Waals surface area contributed by atoms with Gasteiger partial charge in [0.25, 0.3) is 0 Å². The molecular formula is C12H19NO2. The molecule has 0 unspecified atom stereocenters. The van der Waals surface area contributed by atoms with Crippen molar-refractivity contribution in [1.29, 1.82) is 0 Å². The molecule has 2 aliphatic rings. The fourth-order valence-electron chi connectivity index (χ4n) is 2.71. The van der Waals surface area contributed by atoms with E-state index in [4.69, 9.17) is 5.11 Å². The highest BCUT2D eigenvalue weighted by Crippen LogP contribution is 2.30. The number of allylic oxidation sites excluding steroid dienone is 2. The van der Waals surface area contributed by atoms with Crippen LogP contribution in [0.25, 0.3) is 0 Å². The molecule has 0 spiro atoms. The van der Waals surface area contributed by atoms with E-state index in [1.807, 2.05) is 0 Å². The van der Waals surface area contributed by atoms with Gasteiger partial charge in [-0.25, -0.2) is 4.79 Å². The molecule has 2 atom stereocenters. The van der Waals surface area contributed by atoms with Crippen LogP contribution in [0.15, 0.2) is 11.8 Å². The molecule has 0 saturated carbocycles. The second-order valence-electron chi connectivity index (χ2n) is 4.72. The molecule has 1 fully saturated rings. The van der Waals surface area contributed by atoms with Gasteiger partial charge in [-0.2, -0.15) is 0 Å². The highest BCUT2D eigenvalue weighted by molar-refractivity contribution is 5.74. The highest BCUT2D eigenvalue weighted by atomic mass is 16.4. The van der Waals surface area contributed by atoms with Crippen molar-refractivity contribution >= 4 is 5.97 Å². The predicted molar refractivity (Wildman–Crippen MR) is 58.5 cm³/mol. The smallest absolute Gasteiger partial charge is 0.326 e. The summed E-state index contributed by atoms with van der Waals surface area (Å²) in [6, 6.07) is -0.262. The topological polar surface area (TPSA) is 40.5 Å². The molecule has 1 saturated heterocycles. The second kappa shape index (κ2) is 4.25. The van der Waals surface area contributed by atoms with E-state index in [2.05, 4.69) is 17.9 Å². The van der Waals surface area contributed by atoms with E-state index in [-0.39, 0.29) is 6.04 Å². The maximum absolute atomic E-state index is 11.1. The van der Waals surface area contributed by atoms with Crippen molar-refractivity contribution in [1.82, 2.24) is 4.90 Å². The molecule has 0 aromatic rings. The van der Waals surface area contributed by atoms with Gasteiger partial charge < -0.3 is 10.0 Å². The molecule has 0 radical (unpaired) electrons.